The molecule has 2 aliphatic heterocycles. The Bertz CT molecular complexity index is 1430. The number of carbonyl (C=O) groups is 4. The molecular weight excluding hydrogens is 710 g/mol. The molecule has 6 rings (SSSR count). The van der Waals surface area contributed by atoms with Crippen LogP contribution in [0.25, 0.3) is 0 Å². The van der Waals surface area contributed by atoms with Crippen LogP contribution in [0.1, 0.15) is 24.3 Å². The molecule has 2 aromatic carbocycles. The fourth-order valence-corrected chi connectivity index (χ4v) is 8.42. The standard InChI is InChI=1S/C27H20BrCl2IN2O5/c28-12-32-24(37)26(29)11-19-17(21(27(26,30)25(32)38)13-1-7-16(34)8-2-13)9-10-18-20(19)23(36)33(22(18)35)15-5-3-14(31)4-6-15/h1-9,18-21,34H,10-12H2. The number of carbonyl (C=O) groups excluding carboxylic acids is 4. The predicted molar refractivity (Wildman–Crippen MR) is 153 cm³/mol. The van der Waals surface area contributed by atoms with Crippen molar-refractivity contribution < 1.29 is 24.3 Å². The van der Waals surface area contributed by atoms with E-state index in [2.05, 4.69) is 38.5 Å². The first-order chi connectivity index (χ1) is 18.0. The number of nitrogens with zero attached hydrogens (tertiary/aromatic N) is 2. The molecule has 2 aromatic rings. The minimum Gasteiger partial charge on any atom is -0.508 e. The van der Waals surface area contributed by atoms with Gasteiger partial charge < -0.3 is 5.11 Å². The SMILES string of the molecule is O=C1C2CC=C3C(CC4(Cl)C(=O)N(CBr)C(=O)C4(Cl)C3c3ccc(O)cc3)C2C(=O)N1c1ccc(I)cc1. The molecule has 1 N–H and O–H groups in total. The third-order valence-corrected chi connectivity index (χ3v) is 11.0. The van der Waals surface area contributed by atoms with E-state index in [1.807, 2.05) is 18.2 Å². The zero-order chi connectivity index (χ0) is 27.1. The number of likely N-dealkylation sites (tertiary alicyclic amines) is 1. The molecule has 2 heterocycles. The molecular formula is C27H20BrCl2IN2O5. The van der Waals surface area contributed by atoms with E-state index in [-0.39, 0.29) is 29.4 Å². The zero-order valence-electron chi connectivity index (χ0n) is 19.6. The van der Waals surface area contributed by atoms with Gasteiger partial charge in [-0.15, -0.1) is 23.2 Å². The van der Waals surface area contributed by atoms with Crippen LogP contribution in [0, 0.1) is 21.3 Å². The molecule has 7 nitrogen and oxygen atoms in total. The van der Waals surface area contributed by atoms with Gasteiger partial charge in [0.25, 0.3) is 11.8 Å². The molecule has 0 aromatic heterocycles. The number of hydrogen-bond donors (Lipinski definition) is 1. The molecule has 3 fully saturated rings. The van der Waals surface area contributed by atoms with E-state index in [0.717, 1.165) is 8.47 Å². The summed E-state index contributed by atoms with van der Waals surface area (Å²) < 4.78 is 0.971. The molecule has 1 saturated carbocycles. The molecule has 4 amide bonds. The van der Waals surface area contributed by atoms with Gasteiger partial charge in [-0.3, -0.25) is 29.0 Å². The summed E-state index contributed by atoms with van der Waals surface area (Å²) in [4.78, 5) is 53.3. The van der Waals surface area contributed by atoms with Gasteiger partial charge in [0.15, 0.2) is 9.75 Å². The molecule has 2 saturated heterocycles. The van der Waals surface area contributed by atoms with Crippen molar-refractivity contribution in [2.75, 3.05) is 10.4 Å². The van der Waals surface area contributed by atoms with Crippen LogP contribution in [0.3, 0.4) is 0 Å². The van der Waals surface area contributed by atoms with E-state index in [1.165, 1.54) is 17.0 Å². The second-order valence-corrected chi connectivity index (χ2v) is 13.1. The highest BCUT2D eigenvalue weighted by Crippen LogP contribution is 2.65. The lowest BCUT2D eigenvalue weighted by Crippen LogP contribution is -2.60. The minimum atomic E-state index is -1.85. The van der Waals surface area contributed by atoms with Crippen LogP contribution in [-0.4, -0.2) is 48.8 Å². The number of hydrogen-bond acceptors (Lipinski definition) is 5. The number of allylic oxidation sites excluding steroid dienone is 2. The summed E-state index contributed by atoms with van der Waals surface area (Å²) in [7, 11) is 0. The monoisotopic (exact) mass is 728 g/mol. The van der Waals surface area contributed by atoms with Crippen molar-refractivity contribution >= 4 is 91.0 Å². The highest BCUT2D eigenvalue weighted by atomic mass is 127. The molecule has 6 unspecified atom stereocenters. The topological polar surface area (TPSA) is 95.0 Å². The van der Waals surface area contributed by atoms with E-state index in [1.54, 1.807) is 24.3 Å². The number of aromatic hydroxyl groups is 1. The molecule has 6 atom stereocenters. The van der Waals surface area contributed by atoms with Gasteiger partial charge in [0.2, 0.25) is 11.8 Å². The molecule has 11 heteroatoms. The summed E-state index contributed by atoms with van der Waals surface area (Å²) in [5.41, 5.74) is 1.71. The molecule has 0 bridgehead atoms. The Hall–Kier alpha value is -1.95. The van der Waals surface area contributed by atoms with Crippen LogP contribution in [0.2, 0.25) is 0 Å². The quantitative estimate of drug-likeness (QED) is 0.159. The maximum absolute atomic E-state index is 13.9. The number of rotatable bonds is 3. The third kappa shape index (κ3) is 3.37. The van der Waals surface area contributed by atoms with Gasteiger partial charge in [0.05, 0.1) is 23.0 Å². The Morgan fingerprint density at radius 3 is 2.24 bits per heavy atom. The highest BCUT2D eigenvalue weighted by molar-refractivity contribution is 14.1. The van der Waals surface area contributed by atoms with E-state index in [4.69, 9.17) is 23.2 Å². The molecule has 4 aliphatic rings. The van der Waals surface area contributed by atoms with Crippen LogP contribution >= 0.6 is 61.7 Å². The van der Waals surface area contributed by atoms with Gasteiger partial charge in [0, 0.05) is 9.49 Å². The molecule has 196 valence electrons. The van der Waals surface area contributed by atoms with Crippen molar-refractivity contribution in [3.05, 3.63) is 69.3 Å². The second kappa shape index (κ2) is 9.04. The minimum absolute atomic E-state index is 0.0280. The van der Waals surface area contributed by atoms with E-state index < -0.39 is 45.2 Å². The summed E-state index contributed by atoms with van der Waals surface area (Å²) >= 11 is 19.7. The van der Waals surface area contributed by atoms with E-state index in [0.29, 0.717) is 23.2 Å². The van der Waals surface area contributed by atoms with Crippen LogP contribution in [0.4, 0.5) is 5.69 Å². The normalized spacial score (nSPS) is 34.3. The molecule has 0 spiro atoms. The maximum Gasteiger partial charge on any atom is 0.254 e. The lowest BCUT2D eigenvalue weighted by Gasteiger charge is -2.50. The molecule has 38 heavy (non-hydrogen) atoms. The largest absolute Gasteiger partial charge is 0.508 e. The van der Waals surface area contributed by atoms with E-state index >= 15 is 0 Å². The summed E-state index contributed by atoms with van der Waals surface area (Å²) in [5.74, 6) is -4.67. The lowest BCUT2D eigenvalue weighted by atomic mass is 9.56. The summed E-state index contributed by atoms with van der Waals surface area (Å²) in [6, 6.07) is 13.4. The first-order valence-electron chi connectivity index (χ1n) is 12.0. The van der Waals surface area contributed by atoms with Crippen molar-refractivity contribution in [1.82, 2.24) is 4.90 Å². The van der Waals surface area contributed by atoms with E-state index in [9.17, 15) is 24.3 Å². The Labute approximate surface area is 250 Å². The summed E-state index contributed by atoms with van der Waals surface area (Å²) in [6.45, 7) is 0. The Balaban J connectivity index is 1.51. The first-order valence-corrected chi connectivity index (χ1v) is 14.9. The number of halogens is 4. The Kier molecular flexibility index (Phi) is 6.25. The van der Waals surface area contributed by atoms with Crippen molar-refractivity contribution in [3.8, 4) is 5.75 Å². The third-order valence-electron chi connectivity index (χ3n) is 8.33. The number of alkyl halides is 3. The summed E-state index contributed by atoms with van der Waals surface area (Å²) in [6.07, 6.45) is 2.12. The van der Waals surface area contributed by atoms with Gasteiger partial charge in [-0.2, -0.15) is 0 Å². The van der Waals surface area contributed by atoms with Crippen molar-refractivity contribution in [1.29, 1.82) is 0 Å². The van der Waals surface area contributed by atoms with Gasteiger partial charge in [0.1, 0.15) is 5.75 Å². The number of benzene rings is 2. The number of phenols is 1. The van der Waals surface area contributed by atoms with Gasteiger partial charge in [-0.25, -0.2) is 0 Å². The second-order valence-electron chi connectivity index (χ2n) is 10.1. The lowest BCUT2D eigenvalue weighted by molar-refractivity contribution is -0.138. The number of phenolic OH excluding ortho intramolecular Hbond substituents is 1. The number of imide groups is 2. The fraction of sp³-hybridized carbons (Fsp3) is 0.333. The predicted octanol–water partition coefficient (Wildman–Crippen LogP) is 4.91. The average Bonchev–Trinajstić information content (AvgIpc) is 3.23. The Morgan fingerprint density at radius 2 is 1.61 bits per heavy atom. The van der Waals surface area contributed by atoms with Crippen molar-refractivity contribution in [3.63, 3.8) is 0 Å². The van der Waals surface area contributed by atoms with Crippen LogP contribution in [-0.2, 0) is 19.2 Å². The van der Waals surface area contributed by atoms with Crippen molar-refractivity contribution in [2.24, 2.45) is 17.8 Å². The zero-order valence-corrected chi connectivity index (χ0v) is 24.9. The fourth-order valence-electron chi connectivity index (χ4n) is 6.64. The average molecular weight is 730 g/mol. The van der Waals surface area contributed by atoms with Gasteiger partial charge in [-0.1, -0.05) is 39.7 Å². The van der Waals surface area contributed by atoms with Crippen LogP contribution in [0.5, 0.6) is 5.75 Å². The van der Waals surface area contributed by atoms with Gasteiger partial charge >= 0.3 is 0 Å². The number of fused-ring (bicyclic) bond motifs is 4. The number of anilines is 1. The van der Waals surface area contributed by atoms with Crippen LogP contribution in [0.15, 0.2) is 60.2 Å². The number of amides is 4. The van der Waals surface area contributed by atoms with Gasteiger partial charge in [-0.05, 0) is 83.3 Å². The maximum atomic E-state index is 13.9. The molecule has 0 radical (unpaired) electrons. The highest BCUT2D eigenvalue weighted by Gasteiger charge is 2.76. The Morgan fingerprint density at radius 1 is 0.947 bits per heavy atom. The summed E-state index contributed by atoms with van der Waals surface area (Å²) in [5, 5.41) is 9.91. The van der Waals surface area contributed by atoms with Crippen LogP contribution < -0.4 is 4.90 Å². The van der Waals surface area contributed by atoms with Crippen molar-refractivity contribution in [2.45, 2.75) is 28.5 Å². The first kappa shape index (κ1) is 26.3. The molecule has 2 aliphatic carbocycles. The smallest absolute Gasteiger partial charge is 0.254 e.